The van der Waals surface area contributed by atoms with Gasteiger partial charge in [-0.05, 0) is 41.0 Å². The summed E-state index contributed by atoms with van der Waals surface area (Å²) in [6.45, 7) is -4.50. The van der Waals surface area contributed by atoms with Crippen molar-refractivity contribution in [3.63, 3.8) is 0 Å². The minimum Gasteiger partial charge on any atom is -0.497 e. The van der Waals surface area contributed by atoms with Gasteiger partial charge < -0.3 is 45.7 Å². The second kappa shape index (κ2) is 19.8. The quantitative estimate of drug-likeness (QED) is 0.0782. The van der Waals surface area contributed by atoms with Crippen LogP contribution in [0.5, 0.6) is 5.75 Å². The average Bonchev–Trinajstić information content (AvgIpc) is 3.67. The minimum atomic E-state index is -2.16. The molecule has 5 aromatic rings. The van der Waals surface area contributed by atoms with Crippen molar-refractivity contribution in [2.45, 2.75) is 68.6 Å². The van der Waals surface area contributed by atoms with E-state index in [1.54, 1.807) is 7.11 Å². The molecule has 15 nitrogen and oxygen atoms in total. The SMILES string of the molecule is C.C.COc1ccc(C(Nc2ccn([C@@H]3O[C@@](CO)(CF)[C@@H](O)[C@H]3F)c(=O)n2)(c2ccccc2)c2ccccc2)cc1.Nc1ccn([C@@H]2O[C@@](CO)(CF)[C@@H](O)[C@H]2F)c(=O)n1. The molecule has 19 heteroatoms. The summed E-state index contributed by atoms with van der Waals surface area (Å²) in [5, 5.41) is 41.9. The second-order valence-corrected chi connectivity index (χ2v) is 13.9. The van der Waals surface area contributed by atoms with Crippen LogP contribution in [0.25, 0.3) is 0 Å². The second-order valence-electron chi connectivity index (χ2n) is 13.9. The Morgan fingerprint density at radius 1 is 0.721 bits per heavy atom. The Labute approximate surface area is 348 Å². The van der Waals surface area contributed by atoms with Crippen LogP contribution in [-0.4, -0.2) is 109 Å². The summed E-state index contributed by atoms with van der Waals surface area (Å²) in [4.78, 5) is 32.2. The number of hydrogen-bond donors (Lipinski definition) is 6. The molecule has 2 aliphatic rings. The normalized spacial score (nSPS) is 25.7. The molecular weight excluding hydrogens is 808 g/mol. The zero-order chi connectivity index (χ0) is 42.5. The van der Waals surface area contributed by atoms with Gasteiger partial charge in [-0.2, -0.15) is 9.97 Å². The van der Waals surface area contributed by atoms with Crippen LogP contribution in [-0.2, 0) is 15.0 Å². The van der Waals surface area contributed by atoms with E-state index in [0.29, 0.717) is 5.75 Å². The molecule has 8 atom stereocenters. The molecule has 0 aliphatic carbocycles. The number of methoxy groups -OCH3 is 1. The maximum absolute atomic E-state index is 14.9. The first-order valence-electron chi connectivity index (χ1n) is 18.1. The van der Waals surface area contributed by atoms with Crippen molar-refractivity contribution in [3.05, 3.63) is 147 Å². The standard InChI is InChI=1S/C30H29F2N3O5.C10H13F2N3O4.2CH4/c1-39-23-14-12-22(13-15-23)30(20-8-4-2-5-9-20,21-10-6-3-7-11-21)34-24-16-17-35(28(38)33-24)27-25(32)26(37)29(18-31,19-36)40-27;11-3-10(4-16)7(17)6(12)8(19-10)15-2-1-5(13)14-9(15)18;;/h2-17,25-27,36-37H,18-19H2,1H3,(H,33,34,38);1-2,6-8,16-17H,3-4H2,(H2,13,14,18);2*1H4/t25-,26+,27-,29-;6-,7+,8-,10-;;/m11../s1. The third-order valence-electron chi connectivity index (χ3n) is 10.4. The molecule has 0 saturated carbocycles. The molecule has 330 valence electrons. The fourth-order valence-electron chi connectivity index (χ4n) is 7.05. The van der Waals surface area contributed by atoms with Gasteiger partial charge in [0, 0.05) is 12.4 Å². The molecule has 7 rings (SSSR count). The maximum Gasteiger partial charge on any atom is 0.351 e. The number of rotatable bonds is 12. The number of alkyl halides is 4. The van der Waals surface area contributed by atoms with Crippen molar-refractivity contribution in [3.8, 4) is 5.75 Å². The number of aliphatic hydroxyl groups excluding tert-OH is 4. The van der Waals surface area contributed by atoms with Gasteiger partial charge in [-0.25, -0.2) is 27.2 Å². The van der Waals surface area contributed by atoms with Gasteiger partial charge in [-0.1, -0.05) is 87.6 Å². The van der Waals surface area contributed by atoms with E-state index in [4.69, 9.17) is 25.1 Å². The number of benzene rings is 3. The summed E-state index contributed by atoms with van der Waals surface area (Å²) in [5.41, 5.74) is 0.804. The molecule has 0 amide bonds. The maximum atomic E-state index is 14.9. The number of nitrogens with zero attached hydrogens (tertiary/aromatic N) is 4. The predicted molar refractivity (Wildman–Crippen MR) is 218 cm³/mol. The van der Waals surface area contributed by atoms with E-state index >= 15 is 0 Å². The number of halogens is 4. The van der Waals surface area contributed by atoms with Crippen LogP contribution in [0.3, 0.4) is 0 Å². The van der Waals surface area contributed by atoms with E-state index in [2.05, 4.69) is 15.3 Å². The van der Waals surface area contributed by atoms with Gasteiger partial charge in [-0.3, -0.25) is 9.13 Å². The minimum absolute atomic E-state index is 0. The lowest BCUT2D eigenvalue weighted by atomic mass is 9.77. The summed E-state index contributed by atoms with van der Waals surface area (Å²) in [7, 11) is 1.58. The smallest absolute Gasteiger partial charge is 0.351 e. The molecule has 2 aliphatic heterocycles. The van der Waals surface area contributed by atoms with Gasteiger partial charge in [0.1, 0.15) is 48.5 Å². The first-order chi connectivity index (χ1) is 28.3. The third kappa shape index (κ3) is 8.88. The zero-order valence-corrected chi connectivity index (χ0v) is 31.4. The predicted octanol–water partition coefficient (Wildman–Crippen LogP) is 3.61. The molecule has 7 N–H and O–H groups in total. The van der Waals surface area contributed by atoms with Gasteiger partial charge >= 0.3 is 11.4 Å². The highest BCUT2D eigenvalue weighted by atomic mass is 19.1. The first kappa shape index (κ1) is 48.0. The van der Waals surface area contributed by atoms with Crippen molar-refractivity contribution in [1.29, 1.82) is 0 Å². The van der Waals surface area contributed by atoms with E-state index in [0.717, 1.165) is 32.0 Å². The summed E-state index contributed by atoms with van der Waals surface area (Å²) >= 11 is 0. The van der Waals surface area contributed by atoms with Crippen molar-refractivity contribution in [1.82, 2.24) is 19.1 Å². The molecule has 3 aromatic carbocycles. The highest BCUT2D eigenvalue weighted by molar-refractivity contribution is 5.58. The fraction of sp³-hybridized carbons (Fsp3) is 0.381. The highest BCUT2D eigenvalue weighted by Gasteiger charge is 2.57. The Morgan fingerprint density at radius 3 is 1.52 bits per heavy atom. The molecule has 0 spiro atoms. The lowest BCUT2D eigenvalue weighted by Crippen LogP contribution is -2.47. The average molecular weight is 859 g/mol. The van der Waals surface area contributed by atoms with E-state index in [1.165, 1.54) is 18.3 Å². The van der Waals surface area contributed by atoms with E-state index in [9.17, 15) is 42.5 Å². The molecule has 2 fully saturated rings. The van der Waals surface area contributed by atoms with Crippen LogP contribution >= 0.6 is 0 Å². The van der Waals surface area contributed by atoms with E-state index < -0.39 is 91.7 Å². The number of nitrogens with two attached hydrogens (primary N) is 1. The highest BCUT2D eigenvalue weighted by Crippen LogP contribution is 2.42. The van der Waals surface area contributed by atoms with Gasteiger partial charge in [-0.15, -0.1) is 0 Å². The Hall–Kier alpha value is -5.70. The zero-order valence-electron chi connectivity index (χ0n) is 31.4. The fourth-order valence-corrected chi connectivity index (χ4v) is 7.05. The summed E-state index contributed by atoms with van der Waals surface area (Å²) < 4.78 is 72.7. The number of ether oxygens (including phenoxy) is 3. The van der Waals surface area contributed by atoms with Crippen LogP contribution in [0, 0.1) is 0 Å². The van der Waals surface area contributed by atoms with Crippen LogP contribution in [0.15, 0.2) is 119 Å². The topological polar surface area (TPSA) is 216 Å². The van der Waals surface area contributed by atoms with Crippen LogP contribution < -0.4 is 27.2 Å². The van der Waals surface area contributed by atoms with Crippen molar-refractivity contribution < 1.29 is 52.2 Å². The molecule has 0 unspecified atom stereocenters. The van der Waals surface area contributed by atoms with Crippen LogP contribution in [0.2, 0.25) is 0 Å². The number of anilines is 2. The number of aliphatic hydroxyl groups is 4. The van der Waals surface area contributed by atoms with Gasteiger partial charge in [0.05, 0.1) is 20.3 Å². The van der Waals surface area contributed by atoms with Crippen molar-refractivity contribution >= 4 is 11.6 Å². The first-order valence-corrected chi connectivity index (χ1v) is 18.1. The Kier molecular flexibility index (Phi) is 15.6. The largest absolute Gasteiger partial charge is 0.497 e. The number of aromatic nitrogens is 4. The monoisotopic (exact) mass is 858 g/mol. The van der Waals surface area contributed by atoms with Crippen molar-refractivity contribution in [2.24, 2.45) is 0 Å². The Morgan fingerprint density at radius 2 is 1.15 bits per heavy atom. The van der Waals surface area contributed by atoms with Crippen molar-refractivity contribution in [2.75, 3.05) is 44.7 Å². The third-order valence-corrected chi connectivity index (χ3v) is 10.4. The van der Waals surface area contributed by atoms with E-state index in [-0.39, 0.29) is 26.5 Å². The molecule has 0 bridgehead atoms. The van der Waals surface area contributed by atoms with Gasteiger partial charge in [0.25, 0.3) is 0 Å². The molecule has 4 heterocycles. The molecule has 2 aromatic heterocycles. The van der Waals surface area contributed by atoms with Crippen LogP contribution in [0.4, 0.5) is 29.2 Å². The van der Waals surface area contributed by atoms with Gasteiger partial charge in [0.15, 0.2) is 36.0 Å². The summed E-state index contributed by atoms with van der Waals surface area (Å²) in [6.07, 6.45) is -8.94. The lowest BCUT2D eigenvalue weighted by Gasteiger charge is -2.37. The number of nitrogen functional groups attached to an aromatic ring is 1. The number of nitrogens with one attached hydrogen (secondary N) is 1. The molecule has 0 radical (unpaired) electrons. The Bertz CT molecular complexity index is 2240. The lowest BCUT2D eigenvalue weighted by molar-refractivity contribution is -0.138. The summed E-state index contributed by atoms with van der Waals surface area (Å²) in [5.74, 6) is 0.790. The Balaban J connectivity index is 0.000000329. The van der Waals surface area contributed by atoms with Gasteiger partial charge in [0.2, 0.25) is 0 Å². The molecule has 2 saturated heterocycles. The van der Waals surface area contributed by atoms with E-state index in [1.807, 2.05) is 84.9 Å². The number of hydrogen-bond acceptors (Lipinski definition) is 13. The molecule has 61 heavy (non-hydrogen) atoms. The van der Waals surface area contributed by atoms with Crippen LogP contribution in [0.1, 0.15) is 44.0 Å². The molecular formula is C42H50F4N6O9. The summed E-state index contributed by atoms with van der Waals surface area (Å²) in [6, 6.07) is 29.5.